The van der Waals surface area contributed by atoms with Crippen LogP contribution in [0.15, 0.2) is 12.1 Å². The number of carbonyl (C=O) groups is 2. The molecule has 6 heteroatoms. The highest BCUT2D eigenvalue weighted by atomic mass is 16.2. The second kappa shape index (κ2) is 5.95. The predicted octanol–water partition coefficient (Wildman–Crippen LogP) is -0.728. The Morgan fingerprint density at radius 3 is 2.82 bits per heavy atom. The van der Waals surface area contributed by atoms with Crippen molar-refractivity contribution in [2.24, 2.45) is 5.73 Å². The normalized spacial score (nSPS) is 10.3. The van der Waals surface area contributed by atoms with Gasteiger partial charge in [-0.2, -0.15) is 0 Å². The van der Waals surface area contributed by atoms with E-state index < -0.39 is 5.91 Å². The van der Waals surface area contributed by atoms with Crippen molar-refractivity contribution >= 4 is 11.8 Å². The first-order valence-corrected chi connectivity index (χ1v) is 5.12. The molecule has 1 aromatic rings. The number of carbonyl (C=O) groups excluding carboxylic acids is 2. The van der Waals surface area contributed by atoms with Crippen molar-refractivity contribution in [3.63, 3.8) is 0 Å². The van der Waals surface area contributed by atoms with E-state index >= 15 is 0 Å². The molecule has 91 valence electrons. The largest absolute Gasteiger partial charge is 0.364 e. The molecule has 0 aromatic carbocycles. The summed E-state index contributed by atoms with van der Waals surface area (Å²) in [5, 5.41) is 2.69. The van der Waals surface area contributed by atoms with E-state index in [2.05, 4.69) is 16.4 Å². The molecule has 0 saturated heterocycles. The van der Waals surface area contributed by atoms with E-state index in [0.29, 0.717) is 6.54 Å². The van der Waals surface area contributed by atoms with E-state index in [0.717, 1.165) is 6.54 Å². The monoisotopic (exact) mass is 235 g/mol. The highest BCUT2D eigenvalue weighted by molar-refractivity contribution is 5.95. The lowest BCUT2D eigenvalue weighted by Gasteiger charge is -2.10. The minimum absolute atomic E-state index is 0.0368. The lowest BCUT2D eigenvalue weighted by Crippen LogP contribution is -2.32. The van der Waals surface area contributed by atoms with Gasteiger partial charge in [0.1, 0.15) is 11.4 Å². The number of primary amides is 1. The van der Waals surface area contributed by atoms with Crippen LogP contribution in [-0.4, -0.2) is 48.9 Å². The molecule has 1 radical (unpaired) electrons. The zero-order valence-corrected chi connectivity index (χ0v) is 9.86. The van der Waals surface area contributed by atoms with E-state index in [1.807, 2.05) is 19.0 Å². The molecule has 0 fully saturated rings. The number of amides is 2. The van der Waals surface area contributed by atoms with Gasteiger partial charge in [-0.15, -0.1) is 0 Å². The number of rotatable bonds is 5. The Morgan fingerprint density at radius 1 is 1.53 bits per heavy atom. The number of aromatic nitrogens is 1. The Labute approximate surface area is 99.8 Å². The summed E-state index contributed by atoms with van der Waals surface area (Å²) in [4.78, 5) is 28.3. The van der Waals surface area contributed by atoms with E-state index in [-0.39, 0.29) is 17.3 Å². The molecule has 0 unspecified atom stereocenters. The Kier molecular flexibility index (Phi) is 4.59. The van der Waals surface area contributed by atoms with E-state index in [4.69, 9.17) is 5.73 Å². The number of pyridine rings is 1. The second-order valence-corrected chi connectivity index (χ2v) is 3.75. The van der Waals surface area contributed by atoms with Crippen molar-refractivity contribution < 1.29 is 9.59 Å². The summed E-state index contributed by atoms with van der Waals surface area (Å²) in [6.07, 6.45) is 0. The summed E-state index contributed by atoms with van der Waals surface area (Å²) in [6.45, 7) is 1.24. The Morgan fingerprint density at radius 2 is 2.24 bits per heavy atom. The summed E-state index contributed by atoms with van der Waals surface area (Å²) < 4.78 is 0. The molecular formula is C11H15N4O2. The van der Waals surface area contributed by atoms with Crippen LogP contribution in [0.5, 0.6) is 0 Å². The van der Waals surface area contributed by atoms with Gasteiger partial charge in [-0.3, -0.25) is 9.59 Å². The standard InChI is InChI=1S/C11H15N4O2/c1-15(2)7-6-13-11(17)9-5-3-4-8(14-9)10(12)16/h3,5H,6-7H2,1-2H3,(H2,12,16)(H,13,17). The van der Waals surface area contributed by atoms with Gasteiger partial charge in [-0.05, 0) is 26.2 Å². The van der Waals surface area contributed by atoms with Gasteiger partial charge in [0.2, 0.25) is 0 Å². The third-order valence-corrected chi connectivity index (χ3v) is 2.00. The highest BCUT2D eigenvalue weighted by Gasteiger charge is 2.09. The maximum atomic E-state index is 11.6. The van der Waals surface area contributed by atoms with Gasteiger partial charge < -0.3 is 16.0 Å². The molecule has 0 aliphatic heterocycles. The van der Waals surface area contributed by atoms with Crippen LogP contribution in [0.4, 0.5) is 0 Å². The number of hydrogen-bond donors (Lipinski definition) is 2. The third kappa shape index (κ3) is 4.20. The molecule has 1 aromatic heterocycles. The van der Waals surface area contributed by atoms with Crippen molar-refractivity contribution in [2.45, 2.75) is 0 Å². The molecule has 6 nitrogen and oxygen atoms in total. The van der Waals surface area contributed by atoms with Gasteiger partial charge in [0, 0.05) is 19.2 Å². The number of nitrogens with one attached hydrogen (secondary N) is 1. The molecule has 2 amide bonds. The summed E-state index contributed by atoms with van der Waals surface area (Å²) in [5.74, 6) is -1.03. The van der Waals surface area contributed by atoms with Gasteiger partial charge in [-0.1, -0.05) is 0 Å². The fourth-order valence-electron chi connectivity index (χ4n) is 1.13. The smallest absolute Gasteiger partial charge is 0.269 e. The summed E-state index contributed by atoms with van der Waals surface area (Å²) in [5.41, 5.74) is 5.18. The first kappa shape index (κ1) is 13.1. The van der Waals surface area contributed by atoms with Gasteiger partial charge in [0.25, 0.3) is 11.8 Å². The molecule has 1 rings (SSSR count). The molecule has 0 atom stereocenters. The average Bonchev–Trinajstić information content (AvgIpc) is 2.28. The molecule has 0 aliphatic rings. The van der Waals surface area contributed by atoms with Gasteiger partial charge in [0.05, 0.1) is 0 Å². The molecule has 0 aliphatic carbocycles. The maximum absolute atomic E-state index is 11.6. The molecule has 17 heavy (non-hydrogen) atoms. The van der Waals surface area contributed by atoms with Crippen molar-refractivity contribution in [1.82, 2.24) is 15.2 Å². The van der Waals surface area contributed by atoms with Crippen LogP contribution >= 0.6 is 0 Å². The molecule has 0 saturated carbocycles. The first-order chi connectivity index (χ1) is 8.00. The number of nitrogens with two attached hydrogens (primary N) is 1. The highest BCUT2D eigenvalue weighted by Crippen LogP contribution is 1.97. The molecule has 1 heterocycles. The van der Waals surface area contributed by atoms with E-state index in [1.54, 1.807) is 0 Å². The molecular weight excluding hydrogens is 220 g/mol. The third-order valence-electron chi connectivity index (χ3n) is 2.00. The van der Waals surface area contributed by atoms with Crippen LogP contribution < -0.4 is 11.1 Å². The van der Waals surface area contributed by atoms with Crippen LogP contribution in [0.25, 0.3) is 0 Å². The van der Waals surface area contributed by atoms with Crippen LogP contribution in [0, 0.1) is 6.07 Å². The lowest BCUT2D eigenvalue weighted by molar-refractivity contribution is 0.0945. The predicted molar refractivity (Wildman–Crippen MR) is 62.5 cm³/mol. The Hall–Kier alpha value is -1.95. The zero-order chi connectivity index (χ0) is 12.8. The summed E-state index contributed by atoms with van der Waals surface area (Å²) >= 11 is 0. The van der Waals surface area contributed by atoms with Crippen molar-refractivity contribution in [1.29, 1.82) is 0 Å². The average molecular weight is 235 g/mol. The van der Waals surface area contributed by atoms with Crippen molar-refractivity contribution in [3.8, 4) is 0 Å². The Balaban J connectivity index is 2.63. The number of likely N-dealkylation sites (N-methyl/N-ethyl adjacent to an activating group) is 1. The molecule has 0 spiro atoms. The van der Waals surface area contributed by atoms with E-state index in [9.17, 15) is 9.59 Å². The fraction of sp³-hybridized carbons (Fsp3) is 0.364. The minimum atomic E-state index is -0.701. The Bertz CT molecular complexity index is 418. The van der Waals surface area contributed by atoms with Crippen molar-refractivity contribution in [3.05, 3.63) is 29.6 Å². The van der Waals surface area contributed by atoms with Crippen LogP contribution in [0.2, 0.25) is 0 Å². The quantitative estimate of drug-likeness (QED) is 0.704. The number of nitrogens with zero attached hydrogens (tertiary/aromatic N) is 2. The number of hydrogen-bond acceptors (Lipinski definition) is 4. The zero-order valence-electron chi connectivity index (χ0n) is 9.86. The maximum Gasteiger partial charge on any atom is 0.269 e. The van der Waals surface area contributed by atoms with Gasteiger partial charge in [0.15, 0.2) is 0 Å². The van der Waals surface area contributed by atoms with Crippen molar-refractivity contribution in [2.75, 3.05) is 27.2 Å². The molecule has 3 N–H and O–H groups in total. The van der Waals surface area contributed by atoms with Gasteiger partial charge >= 0.3 is 0 Å². The fourth-order valence-corrected chi connectivity index (χ4v) is 1.13. The first-order valence-electron chi connectivity index (χ1n) is 5.12. The van der Waals surface area contributed by atoms with Gasteiger partial charge in [-0.25, -0.2) is 4.98 Å². The topological polar surface area (TPSA) is 88.3 Å². The van der Waals surface area contributed by atoms with Crippen LogP contribution in [0.1, 0.15) is 21.0 Å². The van der Waals surface area contributed by atoms with E-state index in [1.165, 1.54) is 12.1 Å². The molecule has 0 bridgehead atoms. The van der Waals surface area contributed by atoms with Crippen LogP contribution in [0.3, 0.4) is 0 Å². The lowest BCUT2D eigenvalue weighted by atomic mass is 10.3. The minimum Gasteiger partial charge on any atom is -0.364 e. The summed E-state index contributed by atoms with van der Waals surface area (Å²) in [7, 11) is 3.82. The SMILES string of the molecule is CN(C)CCNC(=O)c1cc[c]c(C(N)=O)n1. The summed E-state index contributed by atoms with van der Waals surface area (Å²) in [6, 6.07) is 5.50. The van der Waals surface area contributed by atoms with Crippen LogP contribution in [-0.2, 0) is 0 Å². The second-order valence-electron chi connectivity index (χ2n) is 3.75.